The SMILES string of the molecule is Cc1ccc(C)c(OCC(=O)N2CCCC(C(=O)N3CCOCC3)C2)c1. The van der Waals surface area contributed by atoms with E-state index in [4.69, 9.17) is 9.47 Å². The van der Waals surface area contributed by atoms with Crippen LogP contribution < -0.4 is 4.74 Å². The van der Waals surface area contributed by atoms with Gasteiger partial charge in [-0.15, -0.1) is 0 Å². The number of hydrogen-bond donors (Lipinski definition) is 0. The van der Waals surface area contributed by atoms with Gasteiger partial charge in [-0.1, -0.05) is 12.1 Å². The summed E-state index contributed by atoms with van der Waals surface area (Å²) in [5, 5.41) is 0. The maximum absolute atomic E-state index is 12.7. The molecule has 2 amide bonds. The number of carbonyl (C=O) groups excluding carboxylic acids is 2. The Morgan fingerprint density at radius 2 is 1.92 bits per heavy atom. The van der Waals surface area contributed by atoms with E-state index in [9.17, 15) is 9.59 Å². The summed E-state index contributed by atoms with van der Waals surface area (Å²) in [6, 6.07) is 5.97. The molecule has 0 saturated carbocycles. The smallest absolute Gasteiger partial charge is 0.260 e. The second kappa shape index (κ2) is 8.54. The van der Waals surface area contributed by atoms with Crippen LogP contribution in [-0.2, 0) is 14.3 Å². The van der Waals surface area contributed by atoms with Gasteiger partial charge in [-0.3, -0.25) is 9.59 Å². The van der Waals surface area contributed by atoms with E-state index in [1.165, 1.54) is 0 Å². The van der Waals surface area contributed by atoms with Crippen LogP contribution in [0.5, 0.6) is 5.75 Å². The number of rotatable bonds is 4. The maximum Gasteiger partial charge on any atom is 0.260 e. The second-order valence-electron chi connectivity index (χ2n) is 7.17. The summed E-state index contributed by atoms with van der Waals surface area (Å²) in [5.74, 6) is 0.745. The van der Waals surface area contributed by atoms with E-state index in [1.807, 2.05) is 36.9 Å². The van der Waals surface area contributed by atoms with Crippen LogP contribution in [0.2, 0.25) is 0 Å². The Morgan fingerprint density at radius 1 is 1.15 bits per heavy atom. The highest BCUT2D eigenvalue weighted by Crippen LogP contribution is 2.21. The second-order valence-corrected chi connectivity index (χ2v) is 7.17. The Labute approximate surface area is 155 Å². The zero-order valence-electron chi connectivity index (χ0n) is 15.7. The van der Waals surface area contributed by atoms with E-state index in [0.29, 0.717) is 39.4 Å². The average Bonchev–Trinajstić information content (AvgIpc) is 2.68. The lowest BCUT2D eigenvalue weighted by Crippen LogP contribution is -2.50. The molecule has 0 aliphatic carbocycles. The number of benzene rings is 1. The average molecular weight is 360 g/mol. The lowest BCUT2D eigenvalue weighted by molar-refractivity contribution is -0.144. The summed E-state index contributed by atoms with van der Waals surface area (Å²) in [7, 11) is 0. The summed E-state index contributed by atoms with van der Waals surface area (Å²) >= 11 is 0. The van der Waals surface area contributed by atoms with Crippen molar-refractivity contribution >= 4 is 11.8 Å². The van der Waals surface area contributed by atoms with Crippen molar-refractivity contribution in [3.8, 4) is 5.75 Å². The number of piperidine rings is 1. The number of likely N-dealkylation sites (tertiary alicyclic amines) is 1. The Morgan fingerprint density at radius 3 is 2.69 bits per heavy atom. The molecule has 26 heavy (non-hydrogen) atoms. The Hall–Kier alpha value is -2.08. The molecule has 0 aromatic heterocycles. The first-order valence-corrected chi connectivity index (χ1v) is 9.39. The fourth-order valence-electron chi connectivity index (χ4n) is 3.54. The van der Waals surface area contributed by atoms with Gasteiger partial charge in [0.2, 0.25) is 5.91 Å². The molecular weight excluding hydrogens is 332 g/mol. The van der Waals surface area contributed by atoms with E-state index in [2.05, 4.69) is 0 Å². The third kappa shape index (κ3) is 4.55. The third-order valence-corrected chi connectivity index (χ3v) is 5.14. The van der Waals surface area contributed by atoms with Crippen molar-refractivity contribution in [1.29, 1.82) is 0 Å². The van der Waals surface area contributed by atoms with Gasteiger partial charge in [0, 0.05) is 26.2 Å². The van der Waals surface area contributed by atoms with Gasteiger partial charge >= 0.3 is 0 Å². The van der Waals surface area contributed by atoms with Crippen LogP contribution in [0, 0.1) is 19.8 Å². The van der Waals surface area contributed by atoms with Gasteiger partial charge in [0.15, 0.2) is 6.61 Å². The molecule has 6 heteroatoms. The minimum Gasteiger partial charge on any atom is -0.483 e. The van der Waals surface area contributed by atoms with Crippen LogP contribution in [0.3, 0.4) is 0 Å². The van der Waals surface area contributed by atoms with E-state index >= 15 is 0 Å². The number of carbonyl (C=O) groups is 2. The largest absolute Gasteiger partial charge is 0.483 e. The van der Waals surface area contributed by atoms with Crippen LogP contribution in [-0.4, -0.2) is 67.6 Å². The van der Waals surface area contributed by atoms with Gasteiger partial charge < -0.3 is 19.3 Å². The molecule has 3 rings (SSSR count). The molecule has 2 aliphatic rings. The van der Waals surface area contributed by atoms with Crippen LogP contribution >= 0.6 is 0 Å². The number of ether oxygens (including phenoxy) is 2. The number of hydrogen-bond acceptors (Lipinski definition) is 4. The van der Waals surface area contributed by atoms with Gasteiger partial charge in [0.05, 0.1) is 19.1 Å². The molecule has 1 aromatic rings. The molecular formula is C20H28N2O4. The highest BCUT2D eigenvalue weighted by molar-refractivity contribution is 5.82. The summed E-state index contributed by atoms with van der Waals surface area (Å²) < 4.78 is 11.1. The van der Waals surface area contributed by atoms with Crippen molar-refractivity contribution in [2.45, 2.75) is 26.7 Å². The molecule has 0 spiro atoms. The van der Waals surface area contributed by atoms with Crippen LogP contribution in [0.4, 0.5) is 0 Å². The molecule has 1 unspecified atom stereocenters. The van der Waals surface area contributed by atoms with E-state index in [0.717, 1.165) is 29.7 Å². The molecule has 0 N–H and O–H groups in total. The monoisotopic (exact) mass is 360 g/mol. The number of nitrogens with zero attached hydrogens (tertiary/aromatic N) is 2. The van der Waals surface area contributed by atoms with E-state index in [-0.39, 0.29) is 24.3 Å². The number of aryl methyl sites for hydroxylation is 2. The molecule has 0 bridgehead atoms. The maximum atomic E-state index is 12.7. The van der Waals surface area contributed by atoms with E-state index in [1.54, 1.807) is 4.90 Å². The number of morpholine rings is 1. The van der Waals surface area contributed by atoms with E-state index < -0.39 is 0 Å². The first-order chi connectivity index (χ1) is 12.5. The van der Waals surface area contributed by atoms with Gasteiger partial charge in [-0.2, -0.15) is 0 Å². The van der Waals surface area contributed by atoms with Crippen molar-refractivity contribution in [3.05, 3.63) is 29.3 Å². The molecule has 2 fully saturated rings. The molecule has 6 nitrogen and oxygen atoms in total. The Bertz CT molecular complexity index is 655. The van der Waals surface area contributed by atoms with Crippen LogP contribution in [0.1, 0.15) is 24.0 Å². The predicted octanol–water partition coefficient (Wildman–Crippen LogP) is 1.78. The van der Waals surface area contributed by atoms with Gasteiger partial charge in [-0.25, -0.2) is 0 Å². The zero-order valence-corrected chi connectivity index (χ0v) is 15.7. The fourth-order valence-corrected chi connectivity index (χ4v) is 3.54. The Balaban J connectivity index is 1.54. The normalized spacial score (nSPS) is 20.8. The molecule has 1 atom stereocenters. The highest BCUT2D eigenvalue weighted by Gasteiger charge is 2.31. The summed E-state index contributed by atoms with van der Waals surface area (Å²) in [4.78, 5) is 28.9. The molecule has 2 heterocycles. The van der Waals surface area contributed by atoms with Crippen molar-refractivity contribution in [1.82, 2.24) is 9.80 Å². The standard InChI is InChI=1S/C20H28N2O4/c1-15-5-6-16(2)18(12-15)26-14-19(23)22-7-3-4-17(13-22)20(24)21-8-10-25-11-9-21/h5-6,12,17H,3-4,7-11,13-14H2,1-2H3. The van der Waals surface area contributed by atoms with Gasteiger partial charge in [-0.05, 0) is 43.9 Å². The summed E-state index contributed by atoms with van der Waals surface area (Å²) in [5.41, 5.74) is 2.12. The summed E-state index contributed by atoms with van der Waals surface area (Å²) in [6.07, 6.45) is 1.70. The highest BCUT2D eigenvalue weighted by atomic mass is 16.5. The summed E-state index contributed by atoms with van der Waals surface area (Å²) in [6.45, 7) is 7.68. The predicted molar refractivity (Wildman–Crippen MR) is 98.1 cm³/mol. The first kappa shape index (κ1) is 18.7. The molecule has 1 aromatic carbocycles. The lowest BCUT2D eigenvalue weighted by atomic mass is 9.96. The molecule has 0 radical (unpaired) electrons. The van der Waals surface area contributed by atoms with Gasteiger partial charge in [0.1, 0.15) is 5.75 Å². The van der Waals surface area contributed by atoms with Crippen molar-refractivity contribution < 1.29 is 19.1 Å². The topological polar surface area (TPSA) is 59.1 Å². The Kier molecular flexibility index (Phi) is 6.14. The minimum absolute atomic E-state index is 0.0166. The lowest BCUT2D eigenvalue weighted by Gasteiger charge is -2.36. The molecule has 2 aliphatic heterocycles. The van der Waals surface area contributed by atoms with Gasteiger partial charge in [0.25, 0.3) is 5.91 Å². The number of amides is 2. The zero-order chi connectivity index (χ0) is 18.5. The van der Waals surface area contributed by atoms with Crippen molar-refractivity contribution in [2.75, 3.05) is 46.0 Å². The van der Waals surface area contributed by atoms with Crippen LogP contribution in [0.15, 0.2) is 18.2 Å². The van der Waals surface area contributed by atoms with Crippen molar-refractivity contribution in [2.24, 2.45) is 5.92 Å². The minimum atomic E-state index is -0.105. The van der Waals surface area contributed by atoms with Crippen molar-refractivity contribution in [3.63, 3.8) is 0 Å². The third-order valence-electron chi connectivity index (χ3n) is 5.14. The quantitative estimate of drug-likeness (QED) is 0.821. The molecule has 2 saturated heterocycles. The molecule has 142 valence electrons. The first-order valence-electron chi connectivity index (χ1n) is 9.39. The van der Waals surface area contributed by atoms with Crippen LogP contribution in [0.25, 0.3) is 0 Å². The fraction of sp³-hybridized carbons (Fsp3) is 0.600.